The van der Waals surface area contributed by atoms with Crippen molar-refractivity contribution in [2.45, 2.75) is 13.5 Å². The molecule has 0 amide bonds. The molecule has 0 unspecified atom stereocenters. The van der Waals surface area contributed by atoms with Gasteiger partial charge in [-0.3, -0.25) is 0 Å². The van der Waals surface area contributed by atoms with E-state index < -0.39 is 0 Å². The first-order chi connectivity index (χ1) is 10.6. The zero-order valence-electron chi connectivity index (χ0n) is 11.8. The SMILES string of the molecule is Cc1ccc(Cl)c(OCc2ncc(-c3ccc(F)cc3)o2)c1. The monoisotopic (exact) mass is 317 g/mol. The van der Waals surface area contributed by atoms with Gasteiger partial charge in [-0.1, -0.05) is 17.7 Å². The Balaban J connectivity index is 1.72. The first-order valence-electron chi connectivity index (χ1n) is 6.71. The molecule has 0 bridgehead atoms. The summed E-state index contributed by atoms with van der Waals surface area (Å²) in [7, 11) is 0. The van der Waals surface area contributed by atoms with Gasteiger partial charge in [0.2, 0.25) is 5.89 Å². The van der Waals surface area contributed by atoms with Crippen LogP contribution in [0.3, 0.4) is 0 Å². The molecule has 112 valence electrons. The normalized spacial score (nSPS) is 10.7. The molecule has 0 aliphatic carbocycles. The van der Waals surface area contributed by atoms with Gasteiger partial charge >= 0.3 is 0 Å². The Morgan fingerprint density at radius 1 is 1.18 bits per heavy atom. The van der Waals surface area contributed by atoms with Gasteiger partial charge in [-0.05, 0) is 48.9 Å². The van der Waals surface area contributed by atoms with Crippen LogP contribution in [-0.4, -0.2) is 4.98 Å². The summed E-state index contributed by atoms with van der Waals surface area (Å²) in [6, 6.07) is 11.6. The minimum atomic E-state index is -0.291. The fraction of sp³-hybridized carbons (Fsp3) is 0.118. The average molecular weight is 318 g/mol. The molecular formula is C17H13ClFNO2. The molecule has 2 aromatic carbocycles. The Kier molecular flexibility index (Phi) is 4.11. The summed E-state index contributed by atoms with van der Waals surface area (Å²) in [5.74, 6) is 1.29. The molecule has 0 saturated carbocycles. The predicted octanol–water partition coefficient (Wildman–Crippen LogP) is 5.02. The molecule has 0 spiro atoms. The molecule has 0 N–H and O–H groups in total. The van der Waals surface area contributed by atoms with Crippen LogP contribution >= 0.6 is 11.6 Å². The van der Waals surface area contributed by atoms with Gasteiger partial charge in [-0.2, -0.15) is 0 Å². The third-order valence-corrected chi connectivity index (χ3v) is 3.43. The van der Waals surface area contributed by atoms with Crippen molar-refractivity contribution in [1.82, 2.24) is 4.98 Å². The van der Waals surface area contributed by atoms with E-state index >= 15 is 0 Å². The molecule has 3 aromatic rings. The van der Waals surface area contributed by atoms with Crippen LogP contribution in [0.4, 0.5) is 4.39 Å². The lowest BCUT2D eigenvalue weighted by atomic mass is 10.2. The van der Waals surface area contributed by atoms with Gasteiger partial charge < -0.3 is 9.15 Å². The maximum absolute atomic E-state index is 12.9. The van der Waals surface area contributed by atoms with Gasteiger partial charge in [0, 0.05) is 5.56 Å². The zero-order valence-corrected chi connectivity index (χ0v) is 12.6. The molecular weight excluding hydrogens is 305 g/mol. The van der Waals surface area contributed by atoms with Gasteiger partial charge in [0.15, 0.2) is 12.4 Å². The number of benzene rings is 2. The summed E-state index contributed by atoms with van der Waals surface area (Å²) in [5.41, 5.74) is 1.81. The van der Waals surface area contributed by atoms with Crippen molar-refractivity contribution in [3.8, 4) is 17.1 Å². The van der Waals surface area contributed by atoms with Crippen molar-refractivity contribution in [1.29, 1.82) is 0 Å². The molecule has 22 heavy (non-hydrogen) atoms. The summed E-state index contributed by atoms with van der Waals surface area (Å²) >= 11 is 6.07. The summed E-state index contributed by atoms with van der Waals surface area (Å²) in [4.78, 5) is 4.15. The number of ether oxygens (including phenoxy) is 1. The van der Waals surface area contributed by atoms with Crippen molar-refractivity contribution < 1.29 is 13.5 Å². The standard InChI is InChI=1S/C17H13ClFNO2/c1-11-2-7-14(18)15(8-11)21-10-17-20-9-16(22-17)12-3-5-13(19)6-4-12/h2-9H,10H2,1H3. The van der Waals surface area contributed by atoms with Crippen LogP contribution in [0.2, 0.25) is 5.02 Å². The average Bonchev–Trinajstić information content (AvgIpc) is 2.98. The van der Waals surface area contributed by atoms with E-state index in [1.54, 1.807) is 24.4 Å². The Hall–Kier alpha value is -2.33. The Morgan fingerprint density at radius 2 is 1.95 bits per heavy atom. The number of aryl methyl sites for hydroxylation is 1. The highest BCUT2D eigenvalue weighted by molar-refractivity contribution is 6.32. The van der Waals surface area contributed by atoms with Gasteiger partial charge in [-0.25, -0.2) is 9.37 Å². The minimum absolute atomic E-state index is 0.171. The van der Waals surface area contributed by atoms with Gasteiger partial charge in [0.1, 0.15) is 11.6 Å². The number of rotatable bonds is 4. The molecule has 0 radical (unpaired) electrons. The zero-order chi connectivity index (χ0) is 15.5. The van der Waals surface area contributed by atoms with E-state index in [-0.39, 0.29) is 12.4 Å². The third kappa shape index (κ3) is 3.28. The van der Waals surface area contributed by atoms with Gasteiger partial charge in [0.25, 0.3) is 0 Å². The predicted molar refractivity (Wildman–Crippen MR) is 82.4 cm³/mol. The van der Waals surface area contributed by atoms with Gasteiger partial charge in [0.05, 0.1) is 11.2 Å². The largest absolute Gasteiger partial charge is 0.482 e. The smallest absolute Gasteiger partial charge is 0.232 e. The highest BCUT2D eigenvalue weighted by Crippen LogP contribution is 2.27. The molecule has 0 aliphatic rings. The molecule has 3 nitrogen and oxygen atoms in total. The topological polar surface area (TPSA) is 35.3 Å². The number of nitrogens with zero attached hydrogens (tertiary/aromatic N) is 1. The highest BCUT2D eigenvalue weighted by Gasteiger charge is 2.09. The molecule has 0 saturated heterocycles. The maximum atomic E-state index is 12.9. The lowest BCUT2D eigenvalue weighted by Crippen LogP contribution is -1.96. The van der Waals surface area contributed by atoms with Crippen molar-refractivity contribution in [2.24, 2.45) is 0 Å². The van der Waals surface area contributed by atoms with Crippen molar-refractivity contribution in [3.63, 3.8) is 0 Å². The summed E-state index contributed by atoms with van der Waals surface area (Å²) in [6.45, 7) is 2.13. The van der Waals surface area contributed by atoms with E-state index in [2.05, 4.69) is 4.98 Å². The van der Waals surface area contributed by atoms with Crippen LogP contribution < -0.4 is 4.74 Å². The summed E-state index contributed by atoms with van der Waals surface area (Å²) in [5, 5.41) is 0.538. The van der Waals surface area contributed by atoms with Crippen LogP contribution in [0.15, 0.2) is 53.1 Å². The molecule has 0 aliphatic heterocycles. The van der Waals surface area contributed by atoms with E-state index in [4.69, 9.17) is 20.8 Å². The molecule has 1 aromatic heterocycles. The van der Waals surface area contributed by atoms with E-state index in [0.29, 0.717) is 22.4 Å². The highest BCUT2D eigenvalue weighted by atomic mass is 35.5. The van der Waals surface area contributed by atoms with Crippen LogP contribution in [0, 0.1) is 12.7 Å². The van der Waals surface area contributed by atoms with E-state index in [9.17, 15) is 4.39 Å². The van der Waals surface area contributed by atoms with Crippen molar-refractivity contribution >= 4 is 11.6 Å². The summed E-state index contributed by atoms with van der Waals surface area (Å²) in [6.07, 6.45) is 1.59. The number of halogens is 2. The van der Waals surface area contributed by atoms with Crippen molar-refractivity contribution in [3.05, 3.63) is 71.0 Å². The second kappa shape index (κ2) is 6.20. The minimum Gasteiger partial charge on any atom is -0.482 e. The van der Waals surface area contributed by atoms with Gasteiger partial charge in [-0.15, -0.1) is 0 Å². The van der Waals surface area contributed by atoms with Crippen LogP contribution in [0.25, 0.3) is 11.3 Å². The lowest BCUT2D eigenvalue weighted by Gasteiger charge is -2.06. The molecule has 3 rings (SSSR count). The molecule has 0 fully saturated rings. The van der Waals surface area contributed by atoms with Crippen LogP contribution in [-0.2, 0) is 6.61 Å². The fourth-order valence-electron chi connectivity index (χ4n) is 1.99. The Bertz CT molecular complexity index is 784. The number of hydrogen-bond donors (Lipinski definition) is 0. The molecule has 0 atom stereocenters. The van der Waals surface area contributed by atoms with E-state index in [1.165, 1.54) is 12.1 Å². The van der Waals surface area contributed by atoms with E-state index in [1.807, 2.05) is 19.1 Å². The quantitative estimate of drug-likeness (QED) is 0.677. The Labute approximate surface area is 132 Å². The number of hydrogen-bond acceptors (Lipinski definition) is 3. The first-order valence-corrected chi connectivity index (χ1v) is 7.09. The molecule has 5 heteroatoms. The molecule has 1 heterocycles. The third-order valence-electron chi connectivity index (χ3n) is 3.12. The second-order valence-corrected chi connectivity index (χ2v) is 5.25. The van der Waals surface area contributed by atoms with E-state index in [0.717, 1.165) is 11.1 Å². The second-order valence-electron chi connectivity index (χ2n) is 4.85. The fourth-order valence-corrected chi connectivity index (χ4v) is 2.16. The maximum Gasteiger partial charge on any atom is 0.232 e. The van der Waals surface area contributed by atoms with Crippen molar-refractivity contribution in [2.75, 3.05) is 0 Å². The lowest BCUT2D eigenvalue weighted by molar-refractivity contribution is 0.264. The van der Waals surface area contributed by atoms with Crippen LogP contribution in [0.1, 0.15) is 11.5 Å². The Morgan fingerprint density at radius 3 is 2.73 bits per heavy atom. The number of oxazole rings is 1. The van der Waals surface area contributed by atoms with Crippen LogP contribution in [0.5, 0.6) is 5.75 Å². The number of aromatic nitrogens is 1. The first kappa shape index (κ1) is 14.6. The summed E-state index contributed by atoms with van der Waals surface area (Å²) < 4.78 is 24.1.